The number of hydrogen-bond donors (Lipinski definition) is 2. The topological polar surface area (TPSA) is 113 Å². The number of rotatable bonds is 14. The molecule has 0 aromatic rings. The van der Waals surface area contributed by atoms with Gasteiger partial charge >= 0.3 is 0 Å². The van der Waals surface area contributed by atoms with Crippen molar-refractivity contribution in [3.8, 4) is 0 Å². The fraction of sp³-hybridized carbons (Fsp3) is 0.792. The molecule has 0 saturated carbocycles. The quantitative estimate of drug-likeness (QED) is 0.309. The zero-order valence-corrected chi connectivity index (χ0v) is 20.5. The average molecular weight is 456 g/mol. The van der Waals surface area contributed by atoms with Crippen molar-refractivity contribution in [3.05, 3.63) is 0 Å². The van der Waals surface area contributed by atoms with E-state index in [1.54, 1.807) is 20.8 Å². The van der Waals surface area contributed by atoms with Gasteiger partial charge in [0.25, 0.3) is 0 Å². The summed E-state index contributed by atoms with van der Waals surface area (Å²) in [5.74, 6) is -1.27. The van der Waals surface area contributed by atoms with Gasteiger partial charge in [-0.2, -0.15) is 0 Å². The first kappa shape index (κ1) is 27.8. The first-order chi connectivity index (χ1) is 15.0. The van der Waals surface area contributed by atoms with E-state index >= 15 is 0 Å². The molecule has 1 unspecified atom stereocenters. The van der Waals surface area contributed by atoms with Gasteiger partial charge in [0.2, 0.25) is 23.6 Å². The van der Waals surface area contributed by atoms with Gasteiger partial charge in [0.15, 0.2) is 5.78 Å². The maximum absolute atomic E-state index is 12.6. The van der Waals surface area contributed by atoms with Crippen molar-refractivity contribution in [2.45, 2.75) is 98.6 Å². The van der Waals surface area contributed by atoms with Crippen LogP contribution in [0.2, 0.25) is 0 Å². The van der Waals surface area contributed by atoms with E-state index in [1.807, 2.05) is 20.8 Å². The highest BCUT2D eigenvalue weighted by Gasteiger charge is 2.37. The molecule has 0 aromatic carbocycles. The van der Waals surface area contributed by atoms with E-state index in [2.05, 4.69) is 10.6 Å². The number of amides is 4. The summed E-state index contributed by atoms with van der Waals surface area (Å²) in [7, 11) is 0. The average Bonchev–Trinajstić information content (AvgIpc) is 2.98. The first-order valence-corrected chi connectivity index (χ1v) is 12.0. The van der Waals surface area contributed by atoms with Crippen LogP contribution in [0.3, 0.4) is 0 Å². The summed E-state index contributed by atoms with van der Waals surface area (Å²) in [6.45, 7) is 11.3. The maximum atomic E-state index is 12.6. The van der Waals surface area contributed by atoms with Gasteiger partial charge in [-0.3, -0.25) is 28.9 Å². The number of ketones is 1. The molecule has 0 bridgehead atoms. The molecule has 0 aliphatic carbocycles. The van der Waals surface area contributed by atoms with E-state index in [0.29, 0.717) is 32.2 Å². The van der Waals surface area contributed by atoms with Gasteiger partial charge in [-0.15, -0.1) is 0 Å². The minimum atomic E-state index is -0.708. The molecule has 3 atom stereocenters. The summed E-state index contributed by atoms with van der Waals surface area (Å²) in [5.41, 5.74) is 0. The van der Waals surface area contributed by atoms with Crippen LogP contribution in [0.5, 0.6) is 0 Å². The van der Waals surface area contributed by atoms with E-state index in [9.17, 15) is 24.0 Å². The molecule has 32 heavy (non-hydrogen) atoms. The highest BCUT2D eigenvalue weighted by molar-refractivity contribution is 6.03. The molecule has 1 saturated heterocycles. The highest BCUT2D eigenvalue weighted by atomic mass is 16.2. The minimum Gasteiger partial charge on any atom is -0.345 e. The summed E-state index contributed by atoms with van der Waals surface area (Å²) in [6.07, 6.45) is 4.18. The second-order valence-corrected chi connectivity index (χ2v) is 9.46. The van der Waals surface area contributed by atoms with E-state index in [-0.39, 0.29) is 56.4 Å². The molecular weight excluding hydrogens is 410 g/mol. The Hall–Kier alpha value is -2.25. The van der Waals surface area contributed by atoms with Crippen molar-refractivity contribution < 1.29 is 26.8 Å². The third-order valence-corrected chi connectivity index (χ3v) is 5.88. The fourth-order valence-corrected chi connectivity index (χ4v) is 3.95. The van der Waals surface area contributed by atoms with Crippen molar-refractivity contribution in [3.63, 3.8) is 0 Å². The maximum Gasteiger partial charge on any atom is 0.243 e. The van der Waals surface area contributed by atoms with Crippen molar-refractivity contribution in [2.75, 3.05) is 6.54 Å². The number of carbonyl (C=O) groups excluding carboxylic acids is 5. The number of imide groups is 1. The number of nitrogens with one attached hydrogen (secondary N) is 2. The Morgan fingerprint density at radius 1 is 1.03 bits per heavy atom. The van der Waals surface area contributed by atoms with Gasteiger partial charge in [0.05, 0.1) is 6.04 Å². The number of likely N-dealkylation sites (tertiary alicyclic amines) is 1. The Labute approximate surface area is 195 Å². The van der Waals surface area contributed by atoms with Crippen LogP contribution >= 0.6 is 0 Å². The Kier molecular flexibility index (Phi) is 11.6. The normalized spacial score (nSPS) is 18.2. The van der Waals surface area contributed by atoms with Gasteiger partial charge < -0.3 is 10.6 Å². The molecule has 2 N–H and O–H groups in total. The summed E-state index contributed by atoms with van der Waals surface area (Å²) < 4.78 is 0. The van der Waals surface area contributed by atoms with Gasteiger partial charge in [-0.1, -0.05) is 47.5 Å². The highest BCUT2D eigenvalue weighted by Crippen LogP contribution is 2.24. The second-order valence-electron chi connectivity index (χ2n) is 9.46. The standard InChI is InChI=1S/C24H41N3O5.2H2/c1-7-11-18-14-20(29)27(24(18)32)13-10-8-9-12-19(28)26-21(15(2)3)23(31)25-17(6)22(30)16(4)5;;/h15-18,21H,7-14H2,1-6H3,(H,25,31)(H,26,28);2*1H/t17-,18?,21-;;/m0../s1. The van der Waals surface area contributed by atoms with Crippen molar-refractivity contribution in [1.29, 1.82) is 0 Å². The van der Waals surface area contributed by atoms with Crippen molar-refractivity contribution in [1.82, 2.24) is 15.5 Å². The van der Waals surface area contributed by atoms with Crippen LogP contribution in [0, 0.1) is 17.8 Å². The summed E-state index contributed by atoms with van der Waals surface area (Å²) in [4.78, 5) is 62.6. The van der Waals surface area contributed by atoms with Gasteiger partial charge in [-0.25, -0.2) is 0 Å². The molecule has 1 rings (SSSR count). The molecular formula is C24H45N3O5. The molecule has 1 fully saturated rings. The molecule has 4 amide bonds. The molecule has 8 nitrogen and oxygen atoms in total. The van der Waals surface area contributed by atoms with E-state index < -0.39 is 12.1 Å². The minimum absolute atomic E-state index is 0. The lowest BCUT2D eigenvalue weighted by Crippen LogP contribution is -2.53. The molecule has 1 aliphatic rings. The number of hydrogen-bond acceptors (Lipinski definition) is 5. The predicted octanol–water partition coefficient (Wildman–Crippen LogP) is 3.08. The van der Waals surface area contributed by atoms with E-state index in [1.165, 1.54) is 4.90 Å². The largest absolute Gasteiger partial charge is 0.345 e. The predicted molar refractivity (Wildman–Crippen MR) is 127 cm³/mol. The lowest BCUT2D eigenvalue weighted by atomic mass is 10.00. The number of Topliss-reactive ketones (excluding diaryl/α,β-unsaturated/α-hetero) is 1. The van der Waals surface area contributed by atoms with Crippen LogP contribution in [-0.2, 0) is 24.0 Å². The van der Waals surface area contributed by atoms with Crippen molar-refractivity contribution >= 4 is 29.4 Å². The molecule has 0 spiro atoms. The summed E-state index contributed by atoms with van der Waals surface area (Å²) in [5, 5.41) is 5.48. The Morgan fingerprint density at radius 2 is 1.69 bits per heavy atom. The van der Waals surface area contributed by atoms with Crippen LogP contribution in [0.1, 0.15) is 89.3 Å². The van der Waals surface area contributed by atoms with Crippen LogP contribution in [0.25, 0.3) is 0 Å². The SMILES string of the molecule is CCCC1CC(=O)N(CCCCCC(=O)N[C@H](C(=O)N[C@@H](C)C(=O)C(C)C)C(C)C)C1=O.[HH].[HH]. The van der Waals surface area contributed by atoms with Gasteiger partial charge in [-0.05, 0) is 32.1 Å². The molecule has 1 aliphatic heterocycles. The number of unbranched alkanes of at least 4 members (excludes halogenated alkanes) is 2. The third kappa shape index (κ3) is 8.36. The lowest BCUT2D eigenvalue weighted by molar-refractivity contribution is -0.139. The smallest absolute Gasteiger partial charge is 0.243 e. The first-order valence-electron chi connectivity index (χ1n) is 12.0. The molecule has 0 radical (unpaired) electrons. The second kappa shape index (κ2) is 13.3. The Bertz CT molecular complexity index is 700. The van der Waals surface area contributed by atoms with E-state index in [4.69, 9.17) is 0 Å². The summed E-state index contributed by atoms with van der Waals surface area (Å²) >= 11 is 0. The molecule has 8 heteroatoms. The third-order valence-electron chi connectivity index (χ3n) is 5.88. The van der Waals surface area contributed by atoms with Crippen LogP contribution < -0.4 is 10.6 Å². The summed E-state index contributed by atoms with van der Waals surface area (Å²) in [6, 6.07) is -1.31. The van der Waals surface area contributed by atoms with Gasteiger partial charge in [0.1, 0.15) is 6.04 Å². The van der Waals surface area contributed by atoms with E-state index in [0.717, 1.165) is 12.8 Å². The number of nitrogens with zero attached hydrogens (tertiary/aromatic N) is 1. The Morgan fingerprint density at radius 3 is 2.25 bits per heavy atom. The zero-order valence-electron chi connectivity index (χ0n) is 20.5. The number of carbonyl (C=O) groups is 5. The van der Waals surface area contributed by atoms with Gasteiger partial charge in [0, 0.05) is 34.1 Å². The monoisotopic (exact) mass is 455 g/mol. The lowest BCUT2D eigenvalue weighted by Gasteiger charge is -2.24. The van der Waals surface area contributed by atoms with Crippen LogP contribution in [0.15, 0.2) is 0 Å². The Balaban J connectivity index is 0. The van der Waals surface area contributed by atoms with Crippen molar-refractivity contribution in [2.24, 2.45) is 17.8 Å². The fourth-order valence-electron chi connectivity index (χ4n) is 3.95. The molecule has 1 heterocycles. The zero-order chi connectivity index (χ0) is 24.4. The molecule has 186 valence electrons. The van der Waals surface area contributed by atoms with Crippen LogP contribution in [0.4, 0.5) is 0 Å². The van der Waals surface area contributed by atoms with Crippen LogP contribution in [-0.4, -0.2) is 52.9 Å². The molecule has 0 aromatic heterocycles.